The van der Waals surface area contributed by atoms with Gasteiger partial charge in [0, 0.05) is 24.7 Å². The fourth-order valence-electron chi connectivity index (χ4n) is 1.96. The number of rotatable bonds is 8. The van der Waals surface area contributed by atoms with Crippen molar-refractivity contribution in [1.29, 1.82) is 0 Å². The zero-order valence-electron chi connectivity index (χ0n) is 14.6. The third kappa shape index (κ3) is 6.71. The number of carboxylic acids is 1. The summed E-state index contributed by atoms with van der Waals surface area (Å²) in [4.78, 5) is 34.5. The minimum Gasteiger partial charge on any atom is -0.480 e. The number of nitrogens with zero attached hydrogens (tertiary/aromatic N) is 1. The Morgan fingerprint density at radius 2 is 2.04 bits per heavy atom. The number of carboxylic acid groups (broad SMARTS) is 1. The maximum absolute atomic E-state index is 12.2. The van der Waals surface area contributed by atoms with Crippen LogP contribution in [0.4, 0.5) is 5.69 Å². The van der Waals surface area contributed by atoms with Crippen molar-refractivity contribution in [1.82, 2.24) is 5.32 Å². The van der Waals surface area contributed by atoms with Crippen LogP contribution in [0, 0.1) is 10.1 Å². The molecule has 1 amide bonds. The van der Waals surface area contributed by atoms with Gasteiger partial charge in [-0.15, -0.1) is 11.8 Å². The quantitative estimate of drug-likeness (QED) is 0.410. The largest absolute Gasteiger partial charge is 0.480 e. The van der Waals surface area contributed by atoms with E-state index in [1.807, 2.05) is 20.8 Å². The van der Waals surface area contributed by atoms with E-state index in [4.69, 9.17) is 4.74 Å². The Kier molecular flexibility index (Phi) is 7.38. The number of hydrogen-bond acceptors (Lipinski definition) is 6. The van der Waals surface area contributed by atoms with Crippen LogP contribution in [-0.2, 0) is 9.53 Å². The summed E-state index contributed by atoms with van der Waals surface area (Å²) in [6.45, 7) is 5.68. The van der Waals surface area contributed by atoms with E-state index in [1.54, 1.807) is 6.26 Å². The molecule has 2 N–H and O–H groups in total. The average molecular weight is 370 g/mol. The normalized spacial score (nSPS) is 12.5. The Morgan fingerprint density at radius 1 is 1.40 bits per heavy atom. The minimum atomic E-state index is -1.19. The Balaban J connectivity index is 2.85. The number of amides is 1. The lowest BCUT2D eigenvalue weighted by molar-refractivity contribution is -0.387. The number of aliphatic carboxylic acids is 1. The molecule has 138 valence electrons. The van der Waals surface area contributed by atoms with Gasteiger partial charge in [-0.3, -0.25) is 14.9 Å². The van der Waals surface area contributed by atoms with Crippen LogP contribution in [-0.4, -0.2) is 46.4 Å². The summed E-state index contributed by atoms with van der Waals surface area (Å²) in [5.41, 5.74) is -0.572. The van der Waals surface area contributed by atoms with Crippen molar-refractivity contribution in [3.63, 3.8) is 0 Å². The molecule has 1 aromatic rings. The molecular weight excluding hydrogens is 348 g/mol. The first-order valence-corrected chi connectivity index (χ1v) is 8.77. The van der Waals surface area contributed by atoms with Crippen molar-refractivity contribution >= 4 is 29.3 Å². The number of nitro benzene ring substituents is 1. The summed E-state index contributed by atoms with van der Waals surface area (Å²) in [6, 6.07) is 2.90. The van der Waals surface area contributed by atoms with Gasteiger partial charge >= 0.3 is 5.97 Å². The van der Waals surface area contributed by atoms with E-state index in [2.05, 4.69) is 5.32 Å². The first-order valence-electron chi connectivity index (χ1n) is 7.55. The maximum atomic E-state index is 12.2. The highest BCUT2D eigenvalue weighted by Gasteiger charge is 2.23. The van der Waals surface area contributed by atoms with Crippen molar-refractivity contribution in [2.75, 3.05) is 12.9 Å². The van der Waals surface area contributed by atoms with Crippen LogP contribution in [0.2, 0.25) is 0 Å². The SMILES string of the molecule is CSc1ccc(C(=O)NC(CCOC(C)(C)C)C(=O)O)cc1[N+](=O)[O-]. The number of carbonyl (C=O) groups excluding carboxylic acids is 1. The average Bonchev–Trinajstić information content (AvgIpc) is 2.51. The van der Waals surface area contributed by atoms with Gasteiger partial charge in [-0.25, -0.2) is 4.79 Å². The molecule has 0 aliphatic rings. The topological polar surface area (TPSA) is 119 Å². The van der Waals surface area contributed by atoms with E-state index < -0.39 is 28.4 Å². The summed E-state index contributed by atoms with van der Waals surface area (Å²) in [6.07, 6.45) is 1.78. The van der Waals surface area contributed by atoms with Crippen LogP contribution in [0.15, 0.2) is 23.1 Å². The standard InChI is InChI=1S/C16H22N2O6S/c1-16(2,3)24-8-7-11(15(20)21)17-14(19)10-5-6-13(25-4)12(9-10)18(22)23/h5-6,9,11H,7-8H2,1-4H3,(H,17,19)(H,20,21). The summed E-state index contributed by atoms with van der Waals surface area (Å²) in [7, 11) is 0. The van der Waals surface area contributed by atoms with E-state index in [0.717, 1.165) is 6.07 Å². The van der Waals surface area contributed by atoms with Gasteiger partial charge in [0.05, 0.1) is 15.4 Å². The van der Waals surface area contributed by atoms with Crippen LogP contribution < -0.4 is 5.32 Å². The molecule has 1 atom stereocenters. The van der Waals surface area contributed by atoms with Gasteiger partial charge in [-0.1, -0.05) is 0 Å². The maximum Gasteiger partial charge on any atom is 0.326 e. The van der Waals surface area contributed by atoms with Gasteiger partial charge in [-0.2, -0.15) is 0 Å². The number of benzene rings is 1. The van der Waals surface area contributed by atoms with E-state index in [1.165, 1.54) is 23.9 Å². The zero-order chi connectivity index (χ0) is 19.2. The molecule has 0 saturated carbocycles. The molecule has 8 nitrogen and oxygen atoms in total. The second kappa shape index (κ2) is 8.82. The molecular formula is C16H22N2O6S. The van der Waals surface area contributed by atoms with Gasteiger partial charge in [0.15, 0.2) is 0 Å². The van der Waals surface area contributed by atoms with Crippen LogP contribution >= 0.6 is 11.8 Å². The molecule has 0 fully saturated rings. The Morgan fingerprint density at radius 3 is 2.52 bits per heavy atom. The summed E-state index contributed by atoms with van der Waals surface area (Å²) < 4.78 is 5.47. The van der Waals surface area contributed by atoms with E-state index >= 15 is 0 Å². The number of ether oxygens (including phenoxy) is 1. The molecule has 1 aromatic carbocycles. The van der Waals surface area contributed by atoms with E-state index in [9.17, 15) is 24.8 Å². The molecule has 1 rings (SSSR count). The van der Waals surface area contributed by atoms with Crippen LogP contribution in [0.25, 0.3) is 0 Å². The highest BCUT2D eigenvalue weighted by molar-refractivity contribution is 7.98. The fourth-order valence-corrected chi connectivity index (χ4v) is 2.50. The molecule has 25 heavy (non-hydrogen) atoms. The molecule has 0 aliphatic heterocycles. The minimum absolute atomic E-state index is 0.0347. The monoisotopic (exact) mass is 370 g/mol. The lowest BCUT2D eigenvalue weighted by Gasteiger charge is -2.21. The Bertz CT molecular complexity index is 657. The second-order valence-corrected chi connectivity index (χ2v) is 7.11. The van der Waals surface area contributed by atoms with Crippen molar-refractivity contribution in [2.45, 2.75) is 43.7 Å². The Hall–Kier alpha value is -2.13. The lowest BCUT2D eigenvalue weighted by atomic mass is 10.1. The van der Waals surface area contributed by atoms with E-state index in [-0.39, 0.29) is 24.3 Å². The first-order chi connectivity index (χ1) is 11.5. The first kappa shape index (κ1) is 20.9. The lowest BCUT2D eigenvalue weighted by Crippen LogP contribution is -2.42. The molecule has 0 radical (unpaired) electrons. The molecule has 0 saturated heterocycles. The number of hydrogen-bond donors (Lipinski definition) is 2. The highest BCUT2D eigenvalue weighted by atomic mass is 32.2. The van der Waals surface area contributed by atoms with E-state index in [0.29, 0.717) is 4.90 Å². The van der Waals surface area contributed by atoms with Gasteiger partial charge < -0.3 is 15.2 Å². The van der Waals surface area contributed by atoms with Gasteiger partial charge in [0.1, 0.15) is 6.04 Å². The predicted octanol–water partition coefficient (Wildman–Crippen LogP) is 2.70. The van der Waals surface area contributed by atoms with Gasteiger partial charge in [-0.05, 0) is 39.2 Å². The van der Waals surface area contributed by atoms with Crippen molar-refractivity contribution < 1.29 is 24.4 Å². The van der Waals surface area contributed by atoms with Crippen molar-refractivity contribution in [2.24, 2.45) is 0 Å². The number of carbonyl (C=O) groups is 2. The molecule has 0 aromatic heterocycles. The number of nitrogens with one attached hydrogen (secondary N) is 1. The number of nitro groups is 1. The zero-order valence-corrected chi connectivity index (χ0v) is 15.4. The van der Waals surface area contributed by atoms with Gasteiger partial charge in [0.2, 0.25) is 0 Å². The van der Waals surface area contributed by atoms with Gasteiger partial charge in [0.25, 0.3) is 11.6 Å². The summed E-state index contributed by atoms with van der Waals surface area (Å²) in [5, 5.41) is 22.7. The van der Waals surface area contributed by atoms with Crippen molar-refractivity contribution in [3.05, 3.63) is 33.9 Å². The van der Waals surface area contributed by atoms with Crippen LogP contribution in [0.5, 0.6) is 0 Å². The molecule has 9 heteroatoms. The van der Waals surface area contributed by atoms with Crippen LogP contribution in [0.1, 0.15) is 37.6 Å². The third-order valence-electron chi connectivity index (χ3n) is 3.18. The highest BCUT2D eigenvalue weighted by Crippen LogP contribution is 2.28. The van der Waals surface area contributed by atoms with Crippen molar-refractivity contribution in [3.8, 4) is 0 Å². The van der Waals surface area contributed by atoms with Crippen LogP contribution in [0.3, 0.4) is 0 Å². The third-order valence-corrected chi connectivity index (χ3v) is 3.97. The second-order valence-electron chi connectivity index (χ2n) is 6.26. The fraction of sp³-hybridized carbons (Fsp3) is 0.500. The molecule has 0 spiro atoms. The molecule has 0 aliphatic carbocycles. The molecule has 1 unspecified atom stereocenters. The summed E-state index contributed by atoms with van der Waals surface area (Å²) >= 11 is 1.19. The number of thioether (sulfide) groups is 1. The predicted molar refractivity (Wildman–Crippen MR) is 94.1 cm³/mol. The molecule has 0 bridgehead atoms. The summed E-state index contributed by atoms with van der Waals surface area (Å²) in [5.74, 6) is -1.87. The molecule has 0 heterocycles. The Labute approximate surface area is 150 Å². The smallest absolute Gasteiger partial charge is 0.326 e.